The van der Waals surface area contributed by atoms with Gasteiger partial charge >= 0.3 is 6.18 Å². The van der Waals surface area contributed by atoms with Gasteiger partial charge in [-0.1, -0.05) is 12.1 Å². The Balaban J connectivity index is 1.53. The molecule has 1 heterocycles. The molecule has 1 aliphatic heterocycles. The summed E-state index contributed by atoms with van der Waals surface area (Å²) < 4.78 is 42.8. The zero-order chi connectivity index (χ0) is 15.0. The van der Waals surface area contributed by atoms with E-state index in [0.717, 1.165) is 31.6 Å². The van der Waals surface area contributed by atoms with Gasteiger partial charge in [-0.25, -0.2) is 0 Å². The number of benzene rings is 1. The SMILES string of the molecule is O=C(Cc1ccc(C(F)(F)F)cc1)N[C@@H]1C[C@H]2OCC[C@@H]12. The summed E-state index contributed by atoms with van der Waals surface area (Å²) in [6, 6.07) is 4.87. The number of carbonyl (C=O) groups is 1. The largest absolute Gasteiger partial charge is 0.416 e. The minimum Gasteiger partial charge on any atom is -0.378 e. The Kier molecular flexibility index (Phi) is 3.65. The molecule has 114 valence electrons. The third-order valence-corrected chi connectivity index (χ3v) is 4.26. The van der Waals surface area contributed by atoms with Crippen molar-refractivity contribution in [3.8, 4) is 0 Å². The van der Waals surface area contributed by atoms with Gasteiger partial charge in [0.15, 0.2) is 0 Å². The molecule has 2 fully saturated rings. The van der Waals surface area contributed by atoms with Crippen molar-refractivity contribution in [2.75, 3.05) is 6.61 Å². The molecule has 1 aliphatic carbocycles. The average molecular weight is 299 g/mol. The second kappa shape index (κ2) is 5.33. The van der Waals surface area contributed by atoms with Crippen LogP contribution in [0.25, 0.3) is 0 Å². The molecule has 2 aliphatic rings. The molecule has 21 heavy (non-hydrogen) atoms. The maximum Gasteiger partial charge on any atom is 0.416 e. The molecular formula is C15H16F3NO2. The van der Waals surface area contributed by atoms with Crippen LogP contribution in [-0.4, -0.2) is 24.7 Å². The number of alkyl halides is 3. The topological polar surface area (TPSA) is 38.3 Å². The van der Waals surface area contributed by atoms with Gasteiger partial charge in [0.25, 0.3) is 0 Å². The van der Waals surface area contributed by atoms with Gasteiger partial charge in [-0.2, -0.15) is 13.2 Å². The summed E-state index contributed by atoms with van der Waals surface area (Å²) in [5.41, 5.74) is -0.115. The van der Waals surface area contributed by atoms with E-state index < -0.39 is 11.7 Å². The van der Waals surface area contributed by atoms with Crippen molar-refractivity contribution in [2.45, 2.75) is 37.6 Å². The lowest BCUT2D eigenvalue weighted by atomic mass is 9.76. The van der Waals surface area contributed by atoms with E-state index in [0.29, 0.717) is 11.5 Å². The lowest BCUT2D eigenvalue weighted by Crippen LogP contribution is -2.53. The number of rotatable bonds is 3. The Hall–Kier alpha value is -1.56. The lowest BCUT2D eigenvalue weighted by molar-refractivity contribution is -0.137. The van der Waals surface area contributed by atoms with Crippen molar-refractivity contribution in [3.05, 3.63) is 35.4 Å². The van der Waals surface area contributed by atoms with Gasteiger partial charge in [-0.15, -0.1) is 0 Å². The molecule has 3 atom stereocenters. The number of hydrogen-bond donors (Lipinski definition) is 1. The third kappa shape index (κ3) is 3.05. The van der Waals surface area contributed by atoms with E-state index in [1.807, 2.05) is 0 Å². The molecule has 6 heteroatoms. The van der Waals surface area contributed by atoms with Crippen LogP contribution in [-0.2, 0) is 22.1 Å². The molecule has 1 amide bonds. The molecule has 0 unspecified atom stereocenters. The first-order chi connectivity index (χ1) is 9.93. The predicted molar refractivity (Wildman–Crippen MR) is 69.5 cm³/mol. The van der Waals surface area contributed by atoms with Crippen molar-refractivity contribution in [2.24, 2.45) is 5.92 Å². The molecular weight excluding hydrogens is 283 g/mol. The molecule has 1 aromatic carbocycles. The Morgan fingerprint density at radius 1 is 1.29 bits per heavy atom. The second-order valence-corrected chi connectivity index (χ2v) is 5.64. The minimum atomic E-state index is -4.34. The molecule has 0 spiro atoms. The summed E-state index contributed by atoms with van der Waals surface area (Å²) in [6.07, 6.45) is -2.16. The van der Waals surface area contributed by atoms with E-state index in [4.69, 9.17) is 4.74 Å². The van der Waals surface area contributed by atoms with Gasteiger partial charge < -0.3 is 10.1 Å². The van der Waals surface area contributed by atoms with Crippen LogP contribution in [0, 0.1) is 5.92 Å². The second-order valence-electron chi connectivity index (χ2n) is 5.64. The fourth-order valence-corrected chi connectivity index (χ4v) is 3.02. The van der Waals surface area contributed by atoms with Crippen LogP contribution in [0.15, 0.2) is 24.3 Å². The van der Waals surface area contributed by atoms with Gasteiger partial charge in [0, 0.05) is 18.6 Å². The van der Waals surface area contributed by atoms with Crippen molar-refractivity contribution in [1.82, 2.24) is 5.32 Å². The molecule has 3 nitrogen and oxygen atoms in total. The number of ether oxygens (including phenoxy) is 1. The Morgan fingerprint density at radius 2 is 2.00 bits per heavy atom. The highest BCUT2D eigenvalue weighted by atomic mass is 19.4. The van der Waals surface area contributed by atoms with Crippen LogP contribution in [0.3, 0.4) is 0 Å². The average Bonchev–Trinajstić information content (AvgIpc) is 2.77. The van der Waals surface area contributed by atoms with Gasteiger partial charge in [0.2, 0.25) is 5.91 Å². The summed E-state index contributed by atoms with van der Waals surface area (Å²) in [5, 5.41) is 2.94. The highest BCUT2D eigenvalue weighted by molar-refractivity contribution is 5.79. The van der Waals surface area contributed by atoms with Gasteiger partial charge in [-0.3, -0.25) is 4.79 Å². The summed E-state index contributed by atoms with van der Waals surface area (Å²) in [4.78, 5) is 11.9. The highest BCUT2D eigenvalue weighted by Gasteiger charge is 2.45. The molecule has 1 N–H and O–H groups in total. The quantitative estimate of drug-likeness (QED) is 0.931. The fraction of sp³-hybridized carbons (Fsp3) is 0.533. The normalized spacial score (nSPS) is 27.9. The summed E-state index contributed by atoms with van der Waals surface area (Å²) in [6.45, 7) is 0.751. The zero-order valence-corrected chi connectivity index (χ0v) is 11.3. The Labute approximate surface area is 120 Å². The molecule has 0 radical (unpaired) electrons. The standard InChI is InChI=1S/C15H16F3NO2/c16-15(17,18)10-3-1-9(2-4-10)7-14(20)19-12-8-13-11(12)5-6-21-13/h1-4,11-13H,5-8H2,(H,19,20)/t11-,12+,13+/m0/s1. The predicted octanol–water partition coefficient (Wildman–Crippen LogP) is 2.54. The van der Waals surface area contributed by atoms with E-state index in [-0.39, 0.29) is 24.5 Å². The number of nitrogens with one attached hydrogen (secondary N) is 1. The number of halogens is 3. The summed E-state index contributed by atoms with van der Waals surface area (Å²) >= 11 is 0. The van der Waals surface area contributed by atoms with Crippen LogP contribution in [0.4, 0.5) is 13.2 Å². The van der Waals surface area contributed by atoms with Crippen molar-refractivity contribution >= 4 is 5.91 Å². The fourth-order valence-electron chi connectivity index (χ4n) is 3.02. The number of amides is 1. The van der Waals surface area contributed by atoms with E-state index in [1.165, 1.54) is 12.1 Å². The molecule has 0 aromatic heterocycles. The monoisotopic (exact) mass is 299 g/mol. The van der Waals surface area contributed by atoms with Crippen molar-refractivity contribution in [3.63, 3.8) is 0 Å². The maximum atomic E-state index is 12.4. The van der Waals surface area contributed by atoms with Crippen molar-refractivity contribution in [1.29, 1.82) is 0 Å². The van der Waals surface area contributed by atoms with E-state index in [9.17, 15) is 18.0 Å². The molecule has 1 saturated heterocycles. The summed E-state index contributed by atoms with van der Waals surface area (Å²) in [7, 11) is 0. The van der Waals surface area contributed by atoms with Gasteiger partial charge in [-0.05, 0) is 30.5 Å². The first-order valence-corrected chi connectivity index (χ1v) is 7.00. The molecule has 0 bridgehead atoms. The number of carbonyl (C=O) groups excluding carboxylic acids is 1. The first-order valence-electron chi connectivity index (χ1n) is 7.00. The Morgan fingerprint density at radius 3 is 2.62 bits per heavy atom. The van der Waals surface area contributed by atoms with Crippen molar-refractivity contribution < 1.29 is 22.7 Å². The van der Waals surface area contributed by atoms with E-state index >= 15 is 0 Å². The van der Waals surface area contributed by atoms with Crippen LogP contribution >= 0.6 is 0 Å². The highest BCUT2D eigenvalue weighted by Crippen LogP contribution is 2.38. The smallest absolute Gasteiger partial charge is 0.378 e. The van der Waals surface area contributed by atoms with Crippen LogP contribution < -0.4 is 5.32 Å². The van der Waals surface area contributed by atoms with E-state index in [2.05, 4.69) is 5.32 Å². The van der Waals surface area contributed by atoms with Gasteiger partial charge in [0.05, 0.1) is 18.1 Å². The first kappa shape index (κ1) is 14.4. The van der Waals surface area contributed by atoms with Crippen LogP contribution in [0.5, 0.6) is 0 Å². The number of hydrogen-bond acceptors (Lipinski definition) is 2. The Bertz CT molecular complexity index is 527. The minimum absolute atomic E-state index is 0.104. The zero-order valence-electron chi connectivity index (χ0n) is 11.3. The van der Waals surface area contributed by atoms with Crippen LogP contribution in [0.2, 0.25) is 0 Å². The lowest BCUT2D eigenvalue weighted by Gasteiger charge is -2.39. The molecule has 3 rings (SSSR count). The summed E-state index contributed by atoms with van der Waals surface area (Å²) in [5.74, 6) is 0.256. The third-order valence-electron chi connectivity index (χ3n) is 4.26. The van der Waals surface area contributed by atoms with E-state index in [1.54, 1.807) is 0 Å². The number of fused-ring (bicyclic) bond motifs is 1. The van der Waals surface area contributed by atoms with Crippen LogP contribution in [0.1, 0.15) is 24.0 Å². The maximum absolute atomic E-state index is 12.4. The van der Waals surface area contributed by atoms with Gasteiger partial charge in [0.1, 0.15) is 0 Å². The molecule has 1 aromatic rings. The molecule has 1 saturated carbocycles.